The number of piperazine rings is 1. The molecule has 3 rings (SSSR count). The quantitative estimate of drug-likeness (QED) is 0.752. The molecule has 8 heteroatoms. The third kappa shape index (κ3) is 5.73. The lowest BCUT2D eigenvalue weighted by Gasteiger charge is -2.34. The van der Waals surface area contributed by atoms with Crippen molar-refractivity contribution in [3.8, 4) is 11.4 Å². The van der Waals surface area contributed by atoms with Gasteiger partial charge in [-0.05, 0) is 39.9 Å². The van der Waals surface area contributed by atoms with Crippen LogP contribution in [0.15, 0.2) is 24.3 Å². The Morgan fingerprint density at radius 1 is 1.14 bits per heavy atom. The number of hydrogen-bond donors (Lipinski definition) is 2. The van der Waals surface area contributed by atoms with Gasteiger partial charge in [-0.2, -0.15) is 4.98 Å². The van der Waals surface area contributed by atoms with Crippen molar-refractivity contribution in [1.29, 1.82) is 0 Å². The van der Waals surface area contributed by atoms with Crippen molar-refractivity contribution in [3.63, 3.8) is 0 Å². The lowest BCUT2D eigenvalue weighted by atomic mass is 10.1. The van der Waals surface area contributed by atoms with Gasteiger partial charge in [-0.15, -0.1) is 0 Å². The molecular weight excluding hydrogens is 372 g/mol. The van der Waals surface area contributed by atoms with Crippen LogP contribution in [0.5, 0.6) is 0 Å². The van der Waals surface area contributed by atoms with Gasteiger partial charge in [0.05, 0.1) is 13.2 Å². The predicted molar refractivity (Wildman–Crippen MR) is 113 cm³/mol. The number of amides is 1. The highest BCUT2D eigenvalue weighted by atomic mass is 32.1. The summed E-state index contributed by atoms with van der Waals surface area (Å²) in [6.45, 7) is 12.7. The van der Waals surface area contributed by atoms with Crippen LogP contribution in [0.1, 0.15) is 26.3 Å². The number of nitrogens with zero attached hydrogens (tertiary/aromatic N) is 4. The van der Waals surface area contributed by atoms with E-state index >= 15 is 0 Å². The van der Waals surface area contributed by atoms with Gasteiger partial charge in [0.15, 0.2) is 5.82 Å². The van der Waals surface area contributed by atoms with E-state index in [1.807, 2.05) is 25.5 Å². The predicted octanol–water partition coefficient (Wildman–Crippen LogP) is 2.41. The first-order valence-electron chi connectivity index (χ1n) is 9.69. The minimum atomic E-state index is -0.189. The SMILES string of the molecule is Cc1ccc(-c2nc(=S)n(CN3CCN(CC(=O)NC(C)(C)C)CC3)[nH]2)cc1. The molecule has 0 spiro atoms. The summed E-state index contributed by atoms with van der Waals surface area (Å²) in [5, 5.41) is 6.34. The van der Waals surface area contributed by atoms with Gasteiger partial charge in [0, 0.05) is 37.3 Å². The maximum Gasteiger partial charge on any atom is 0.234 e. The molecule has 2 N–H and O–H groups in total. The maximum absolute atomic E-state index is 12.1. The molecule has 1 amide bonds. The van der Waals surface area contributed by atoms with Crippen LogP contribution in [0, 0.1) is 11.7 Å². The zero-order chi connectivity index (χ0) is 20.3. The van der Waals surface area contributed by atoms with E-state index in [9.17, 15) is 4.79 Å². The molecule has 7 nitrogen and oxygen atoms in total. The van der Waals surface area contributed by atoms with E-state index in [0.29, 0.717) is 18.0 Å². The minimum Gasteiger partial charge on any atom is -0.350 e. The Labute approximate surface area is 171 Å². The molecule has 1 saturated heterocycles. The molecule has 1 aliphatic heterocycles. The summed E-state index contributed by atoms with van der Waals surface area (Å²) < 4.78 is 2.47. The van der Waals surface area contributed by atoms with Crippen LogP contribution in [0.3, 0.4) is 0 Å². The van der Waals surface area contributed by atoms with Crippen molar-refractivity contribution in [3.05, 3.63) is 34.6 Å². The first-order chi connectivity index (χ1) is 13.2. The van der Waals surface area contributed by atoms with Crippen LogP contribution >= 0.6 is 12.2 Å². The van der Waals surface area contributed by atoms with Gasteiger partial charge >= 0.3 is 0 Å². The molecule has 1 aliphatic rings. The molecule has 28 heavy (non-hydrogen) atoms. The average Bonchev–Trinajstić information content (AvgIpc) is 2.96. The monoisotopic (exact) mass is 402 g/mol. The number of aromatic amines is 1. The lowest BCUT2D eigenvalue weighted by Crippen LogP contribution is -2.51. The summed E-state index contributed by atoms with van der Waals surface area (Å²) in [6, 6.07) is 8.24. The molecule has 152 valence electrons. The maximum atomic E-state index is 12.1. The number of hydrogen-bond acceptors (Lipinski definition) is 5. The number of H-pyrrole nitrogens is 1. The second-order valence-corrected chi connectivity index (χ2v) is 8.85. The molecular formula is C20H30N6OS. The van der Waals surface area contributed by atoms with Crippen molar-refractivity contribution >= 4 is 18.1 Å². The average molecular weight is 403 g/mol. The number of carbonyl (C=O) groups excluding carboxylic acids is 1. The standard InChI is InChI=1S/C20H30N6OS/c1-15-5-7-16(8-6-15)18-21-19(28)26(23-18)14-25-11-9-24(10-12-25)13-17(27)22-20(2,3)4/h5-8H,9-14H2,1-4H3,(H,22,27)(H,21,23,28). The van der Waals surface area contributed by atoms with Gasteiger partial charge < -0.3 is 5.32 Å². The second-order valence-electron chi connectivity index (χ2n) is 8.48. The largest absolute Gasteiger partial charge is 0.350 e. The van der Waals surface area contributed by atoms with E-state index in [0.717, 1.165) is 37.6 Å². The second kappa shape index (κ2) is 8.55. The number of nitrogens with one attached hydrogen (secondary N) is 2. The summed E-state index contributed by atoms with van der Waals surface area (Å²) in [6.07, 6.45) is 0. The van der Waals surface area contributed by atoms with E-state index < -0.39 is 0 Å². The molecule has 0 aliphatic carbocycles. The molecule has 0 radical (unpaired) electrons. The van der Waals surface area contributed by atoms with Crippen LogP contribution < -0.4 is 5.32 Å². The summed E-state index contributed by atoms with van der Waals surface area (Å²) in [5.41, 5.74) is 2.06. The molecule has 0 atom stereocenters. The van der Waals surface area contributed by atoms with Crippen LogP contribution in [0.4, 0.5) is 0 Å². The van der Waals surface area contributed by atoms with Crippen LogP contribution in [0.2, 0.25) is 0 Å². The molecule has 0 unspecified atom stereocenters. The van der Waals surface area contributed by atoms with Crippen molar-refractivity contribution in [2.45, 2.75) is 39.9 Å². The number of aromatic nitrogens is 3. The normalized spacial score (nSPS) is 16.3. The van der Waals surface area contributed by atoms with E-state index in [-0.39, 0.29) is 11.4 Å². The van der Waals surface area contributed by atoms with E-state index in [4.69, 9.17) is 12.2 Å². The summed E-state index contributed by atoms with van der Waals surface area (Å²) >= 11 is 5.43. The van der Waals surface area contributed by atoms with E-state index in [1.165, 1.54) is 5.56 Å². The van der Waals surface area contributed by atoms with Crippen LogP contribution in [-0.2, 0) is 11.5 Å². The lowest BCUT2D eigenvalue weighted by molar-refractivity contribution is -0.124. The molecule has 0 saturated carbocycles. The molecule has 1 aromatic carbocycles. The Morgan fingerprint density at radius 2 is 1.75 bits per heavy atom. The van der Waals surface area contributed by atoms with Crippen molar-refractivity contribution < 1.29 is 4.79 Å². The number of aryl methyl sites for hydroxylation is 1. The Balaban J connectivity index is 1.53. The van der Waals surface area contributed by atoms with Gasteiger partial charge in [0.1, 0.15) is 0 Å². The minimum absolute atomic E-state index is 0.0828. The Hall–Kier alpha value is -2.03. The zero-order valence-electron chi connectivity index (χ0n) is 17.2. The van der Waals surface area contributed by atoms with Crippen LogP contribution in [0.25, 0.3) is 11.4 Å². The first kappa shape index (κ1) is 20.7. The van der Waals surface area contributed by atoms with E-state index in [2.05, 4.69) is 56.4 Å². The molecule has 2 heterocycles. The van der Waals surface area contributed by atoms with Gasteiger partial charge in [0.25, 0.3) is 0 Å². The third-order valence-corrected chi connectivity index (χ3v) is 5.00. The molecule has 1 aromatic heterocycles. The summed E-state index contributed by atoms with van der Waals surface area (Å²) in [4.78, 5) is 21.1. The van der Waals surface area contributed by atoms with E-state index in [1.54, 1.807) is 0 Å². The van der Waals surface area contributed by atoms with Crippen molar-refractivity contribution in [2.75, 3.05) is 32.7 Å². The smallest absolute Gasteiger partial charge is 0.234 e. The topological polar surface area (TPSA) is 69.2 Å². The number of carbonyl (C=O) groups is 1. The van der Waals surface area contributed by atoms with Crippen molar-refractivity contribution in [2.24, 2.45) is 0 Å². The van der Waals surface area contributed by atoms with Crippen molar-refractivity contribution in [1.82, 2.24) is 29.9 Å². The van der Waals surface area contributed by atoms with Gasteiger partial charge in [0.2, 0.25) is 10.7 Å². The van der Waals surface area contributed by atoms with Crippen LogP contribution in [-0.4, -0.2) is 68.7 Å². The fraction of sp³-hybridized carbons (Fsp3) is 0.550. The van der Waals surface area contributed by atoms with Gasteiger partial charge in [-0.1, -0.05) is 29.8 Å². The zero-order valence-corrected chi connectivity index (χ0v) is 18.0. The fourth-order valence-electron chi connectivity index (χ4n) is 3.24. The molecule has 0 bridgehead atoms. The summed E-state index contributed by atoms with van der Waals surface area (Å²) in [5.74, 6) is 0.877. The summed E-state index contributed by atoms with van der Waals surface area (Å²) in [7, 11) is 0. The highest BCUT2D eigenvalue weighted by Crippen LogP contribution is 2.16. The Bertz CT molecular complexity index is 856. The Morgan fingerprint density at radius 3 is 2.36 bits per heavy atom. The number of rotatable bonds is 5. The highest BCUT2D eigenvalue weighted by Gasteiger charge is 2.21. The third-order valence-electron chi connectivity index (χ3n) is 4.69. The number of benzene rings is 1. The van der Waals surface area contributed by atoms with Gasteiger partial charge in [-0.3, -0.25) is 19.7 Å². The molecule has 1 fully saturated rings. The molecule has 2 aromatic rings. The first-order valence-corrected chi connectivity index (χ1v) is 10.1. The Kier molecular flexibility index (Phi) is 6.32. The highest BCUT2D eigenvalue weighted by molar-refractivity contribution is 7.71. The van der Waals surface area contributed by atoms with Gasteiger partial charge in [-0.25, -0.2) is 4.68 Å². The fourth-order valence-corrected chi connectivity index (χ4v) is 3.44.